The fourth-order valence-electron chi connectivity index (χ4n) is 3.82. The topological polar surface area (TPSA) is 29.3 Å². The molecule has 2 N–H and O–H groups in total. The molecule has 4 atom stereocenters. The van der Waals surface area contributed by atoms with Crippen molar-refractivity contribution in [2.45, 2.75) is 44.2 Å². The Kier molecular flexibility index (Phi) is 3.16. The van der Waals surface area contributed by atoms with Gasteiger partial charge in [-0.05, 0) is 50.6 Å². The maximum Gasteiger partial charge on any atom is 0.00988 e. The highest BCUT2D eigenvalue weighted by Gasteiger charge is 2.40. The van der Waals surface area contributed by atoms with E-state index in [0.717, 1.165) is 6.04 Å². The standard InChI is InChI=1S/C16H24N2/c1-11-3-5-12(6-4-11)14-9-13-7-8-16(17)15(14)10-18(13)2/h3-6,13-16H,7-10,17H2,1-2H3/t13-,14+,15-,16-/m0/s1. The molecular weight excluding hydrogens is 220 g/mol. The van der Waals surface area contributed by atoms with E-state index in [1.807, 2.05) is 0 Å². The molecule has 1 aliphatic carbocycles. The molecule has 0 amide bonds. The van der Waals surface area contributed by atoms with Crippen molar-refractivity contribution >= 4 is 0 Å². The second-order valence-corrected chi connectivity index (χ2v) is 6.25. The molecule has 1 aromatic rings. The Morgan fingerprint density at radius 2 is 1.89 bits per heavy atom. The largest absolute Gasteiger partial charge is 0.327 e. The summed E-state index contributed by atoms with van der Waals surface area (Å²) >= 11 is 0. The lowest BCUT2D eigenvalue weighted by molar-refractivity contribution is 0.131. The van der Waals surface area contributed by atoms with Crippen LogP contribution >= 0.6 is 0 Å². The molecule has 1 aromatic carbocycles. The Morgan fingerprint density at radius 1 is 1.17 bits per heavy atom. The van der Waals surface area contributed by atoms with Crippen molar-refractivity contribution < 1.29 is 0 Å². The molecule has 2 aliphatic heterocycles. The molecule has 0 spiro atoms. The first-order valence-corrected chi connectivity index (χ1v) is 7.17. The van der Waals surface area contributed by atoms with Gasteiger partial charge in [0.15, 0.2) is 0 Å². The first-order valence-electron chi connectivity index (χ1n) is 7.17. The second kappa shape index (κ2) is 4.67. The smallest absolute Gasteiger partial charge is 0.00988 e. The van der Waals surface area contributed by atoms with E-state index in [1.165, 1.54) is 36.9 Å². The molecule has 2 nitrogen and oxygen atoms in total. The van der Waals surface area contributed by atoms with Crippen LogP contribution in [0.25, 0.3) is 0 Å². The first-order chi connectivity index (χ1) is 8.65. The van der Waals surface area contributed by atoms with Crippen molar-refractivity contribution in [1.29, 1.82) is 0 Å². The minimum atomic E-state index is 0.381. The molecule has 98 valence electrons. The molecule has 2 heterocycles. The maximum absolute atomic E-state index is 6.41. The van der Waals surface area contributed by atoms with Crippen molar-refractivity contribution in [3.8, 4) is 0 Å². The predicted molar refractivity (Wildman–Crippen MR) is 75.7 cm³/mol. The number of fused-ring (bicyclic) bond motifs is 4. The molecule has 4 rings (SSSR count). The molecule has 0 radical (unpaired) electrons. The average molecular weight is 244 g/mol. The molecule has 2 saturated heterocycles. The number of nitrogens with two attached hydrogens (primary N) is 1. The van der Waals surface area contributed by atoms with Crippen LogP contribution in [-0.4, -0.2) is 30.6 Å². The lowest BCUT2D eigenvalue weighted by Gasteiger charge is -2.41. The highest BCUT2D eigenvalue weighted by molar-refractivity contribution is 5.27. The van der Waals surface area contributed by atoms with Crippen LogP contribution in [0.5, 0.6) is 0 Å². The number of hydrogen-bond donors (Lipinski definition) is 1. The highest BCUT2D eigenvalue weighted by Crippen LogP contribution is 2.42. The molecule has 0 aromatic heterocycles. The van der Waals surface area contributed by atoms with Crippen molar-refractivity contribution in [2.24, 2.45) is 11.7 Å². The fraction of sp³-hybridized carbons (Fsp3) is 0.625. The number of nitrogens with zero attached hydrogens (tertiary/aromatic N) is 1. The highest BCUT2D eigenvalue weighted by atomic mass is 15.1. The van der Waals surface area contributed by atoms with Crippen LogP contribution in [0.3, 0.4) is 0 Å². The van der Waals surface area contributed by atoms with Crippen molar-refractivity contribution in [2.75, 3.05) is 13.6 Å². The summed E-state index contributed by atoms with van der Waals surface area (Å²) in [6.07, 6.45) is 3.76. The van der Waals surface area contributed by atoms with E-state index in [9.17, 15) is 0 Å². The van der Waals surface area contributed by atoms with Crippen LogP contribution in [0.15, 0.2) is 24.3 Å². The summed E-state index contributed by atoms with van der Waals surface area (Å²) in [4.78, 5) is 2.53. The van der Waals surface area contributed by atoms with Gasteiger partial charge < -0.3 is 10.6 Å². The third-order valence-corrected chi connectivity index (χ3v) is 5.05. The van der Waals surface area contributed by atoms with E-state index in [1.54, 1.807) is 0 Å². The molecule has 2 bridgehead atoms. The predicted octanol–water partition coefficient (Wildman–Crippen LogP) is 2.52. The van der Waals surface area contributed by atoms with E-state index < -0.39 is 0 Å². The number of aryl methyl sites for hydroxylation is 1. The quantitative estimate of drug-likeness (QED) is 0.822. The van der Waals surface area contributed by atoms with E-state index >= 15 is 0 Å². The van der Waals surface area contributed by atoms with Crippen LogP contribution in [0.1, 0.15) is 36.3 Å². The normalized spacial score (nSPS) is 36.6. The van der Waals surface area contributed by atoms with E-state index in [0.29, 0.717) is 17.9 Å². The van der Waals surface area contributed by atoms with E-state index in [4.69, 9.17) is 5.73 Å². The number of piperidine rings is 1. The average Bonchev–Trinajstić information content (AvgIpc) is 2.60. The second-order valence-electron chi connectivity index (χ2n) is 6.25. The van der Waals surface area contributed by atoms with Crippen LogP contribution in [0.4, 0.5) is 0 Å². The van der Waals surface area contributed by atoms with Crippen LogP contribution in [0, 0.1) is 12.8 Å². The maximum atomic E-state index is 6.41. The molecule has 2 heteroatoms. The zero-order chi connectivity index (χ0) is 12.7. The third-order valence-electron chi connectivity index (χ3n) is 5.05. The summed E-state index contributed by atoms with van der Waals surface area (Å²) in [6, 6.07) is 10.2. The Hall–Kier alpha value is -0.860. The summed E-state index contributed by atoms with van der Waals surface area (Å²) in [5.74, 6) is 1.31. The molecule has 1 saturated carbocycles. The fourth-order valence-corrected chi connectivity index (χ4v) is 3.82. The van der Waals surface area contributed by atoms with Crippen LogP contribution < -0.4 is 5.73 Å². The van der Waals surface area contributed by atoms with Crippen LogP contribution in [0.2, 0.25) is 0 Å². The van der Waals surface area contributed by atoms with Gasteiger partial charge in [0, 0.05) is 18.6 Å². The minimum Gasteiger partial charge on any atom is -0.327 e. The lowest BCUT2D eigenvalue weighted by atomic mass is 9.77. The monoisotopic (exact) mass is 244 g/mol. The minimum absolute atomic E-state index is 0.381. The number of rotatable bonds is 1. The van der Waals surface area contributed by atoms with Crippen molar-refractivity contribution in [1.82, 2.24) is 4.90 Å². The first kappa shape index (κ1) is 12.2. The Bertz CT molecular complexity index is 412. The van der Waals surface area contributed by atoms with Gasteiger partial charge in [0.2, 0.25) is 0 Å². The van der Waals surface area contributed by atoms with Gasteiger partial charge in [-0.25, -0.2) is 0 Å². The Balaban J connectivity index is 1.90. The van der Waals surface area contributed by atoms with E-state index in [2.05, 4.69) is 43.1 Å². The van der Waals surface area contributed by atoms with Gasteiger partial charge in [-0.3, -0.25) is 0 Å². The van der Waals surface area contributed by atoms with Crippen molar-refractivity contribution in [3.05, 3.63) is 35.4 Å². The molecule has 0 unspecified atom stereocenters. The molecule has 3 fully saturated rings. The Morgan fingerprint density at radius 3 is 2.61 bits per heavy atom. The van der Waals surface area contributed by atoms with Crippen LogP contribution in [-0.2, 0) is 0 Å². The summed E-state index contributed by atoms with van der Waals surface area (Å²) < 4.78 is 0. The number of benzene rings is 1. The van der Waals surface area contributed by atoms with Gasteiger partial charge in [0.05, 0.1) is 0 Å². The molecular formula is C16H24N2. The zero-order valence-electron chi connectivity index (χ0n) is 11.5. The van der Waals surface area contributed by atoms with E-state index in [-0.39, 0.29) is 0 Å². The van der Waals surface area contributed by atoms with Gasteiger partial charge in [-0.15, -0.1) is 0 Å². The van der Waals surface area contributed by atoms with Gasteiger partial charge in [-0.2, -0.15) is 0 Å². The number of hydrogen-bond acceptors (Lipinski definition) is 2. The Labute approximate surface area is 110 Å². The lowest BCUT2D eigenvalue weighted by Crippen LogP contribution is -2.46. The van der Waals surface area contributed by atoms with Crippen molar-refractivity contribution in [3.63, 3.8) is 0 Å². The van der Waals surface area contributed by atoms with Gasteiger partial charge in [-0.1, -0.05) is 29.8 Å². The van der Waals surface area contributed by atoms with Gasteiger partial charge in [0.1, 0.15) is 0 Å². The molecule has 3 aliphatic rings. The summed E-state index contributed by atoms with van der Waals surface area (Å²) in [5.41, 5.74) is 9.26. The zero-order valence-corrected chi connectivity index (χ0v) is 11.5. The van der Waals surface area contributed by atoms with Gasteiger partial charge >= 0.3 is 0 Å². The van der Waals surface area contributed by atoms with Gasteiger partial charge in [0.25, 0.3) is 0 Å². The molecule has 18 heavy (non-hydrogen) atoms. The third kappa shape index (κ3) is 2.08. The summed E-state index contributed by atoms with van der Waals surface area (Å²) in [5, 5.41) is 0. The SMILES string of the molecule is Cc1ccc([C@H]2C[C@@H]3CC[C@H](N)[C@H]2CN3C)cc1. The summed E-state index contributed by atoms with van der Waals surface area (Å²) in [7, 11) is 2.26. The summed E-state index contributed by atoms with van der Waals surface area (Å²) in [6.45, 7) is 3.33.